The molecule has 0 fully saturated rings. The molecule has 0 aliphatic rings. The second-order valence-electron chi connectivity index (χ2n) is 2.80. The van der Waals surface area contributed by atoms with E-state index in [0.29, 0.717) is 0 Å². The van der Waals surface area contributed by atoms with Gasteiger partial charge in [-0.15, -0.1) is 6.58 Å². The van der Waals surface area contributed by atoms with Crippen molar-refractivity contribution in [1.82, 2.24) is 0 Å². The van der Waals surface area contributed by atoms with Crippen molar-refractivity contribution < 1.29 is 9.84 Å². The summed E-state index contributed by atoms with van der Waals surface area (Å²) in [6.07, 6.45) is 1.74. The van der Waals surface area contributed by atoms with Crippen LogP contribution in [0.2, 0.25) is 0 Å². The van der Waals surface area contributed by atoms with Gasteiger partial charge in [0, 0.05) is 5.92 Å². The molecule has 13 heavy (non-hydrogen) atoms. The molecule has 1 N–H and O–H groups in total. The van der Waals surface area contributed by atoms with E-state index in [1.54, 1.807) is 13.2 Å². The number of rotatable bonds is 4. The molecule has 1 aromatic carbocycles. The minimum absolute atomic E-state index is 0.0194. The van der Waals surface area contributed by atoms with Crippen molar-refractivity contribution in [2.24, 2.45) is 0 Å². The van der Waals surface area contributed by atoms with Crippen molar-refractivity contribution in [3.8, 4) is 5.75 Å². The molecule has 0 saturated carbocycles. The second kappa shape index (κ2) is 4.67. The van der Waals surface area contributed by atoms with Crippen molar-refractivity contribution in [1.29, 1.82) is 0 Å². The number of methoxy groups -OCH3 is 1. The second-order valence-corrected chi connectivity index (χ2v) is 2.80. The lowest BCUT2D eigenvalue weighted by Crippen LogP contribution is -1.99. The first kappa shape index (κ1) is 9.81. The van der Waals surface area contributed by atoms with Crippen molar-refractivity contribution in [2.45, 2.75) is 5.92 Å². The van der Waals surface area contributed by atoms with Gasteiger partial charge < -0.3 is 9.84 Å². The van der Waals surface area contributed by atoms with Crippen molar-refractivity contribution in [3.05, 3.63) is 42.5 Å². The number of aliphatic hydroxyl groups excluding tert-OH is 1. The van der Waals surface area contributed by atoms with Crippen LogP contribution in [0, 0.1) is 0 Å². The first-order chi connectivity index (χ1) is 6.31. The first-order valence-corrected chi connectivity index (χ1v) is 4.19. The van der Waals surface area contributed by atoms with Gasteiger partial charge in [0.1, 0.15) is 5.75 Å². The lowest BCUT2D eigenvalue weighted by atomic mass is 10.0. The Bertz CT molecular complexity index is 264. The Kier molecular flexibility index (Phi) is 3.53. The largest absolute Gasteiger partial charge is 0.497 e. The maximum Gasteiger partial charge on any atom is 0.118 e. The summed E-state index contributed by atoms with van der Waals surface area (Å²) in [4.78, 5) is 0. The van der Waals surface area contributed by atoms with Gasteiger partial charge in [0.25, 0.3) is 0 Å². The molecule has 2 nitrogen and oxygen atoms in total. The van der Waals surface area contributed by atoms with Gasteiger partial charge >= 0.3 is 0 Å². The van der Waals surface area contributed by atoms with E-state index in [2.05, 4.69) is 6.58 Å². The summed E-state index contributed by atoms with van der Waals surface area (Å²) in [5.41, 5.74) is 1.05. The minimum Gasteiger partial charge on any atom is -0.497 e. The normalized spacial score (nSPS) is 12.2. The summed E-state index contributed by atoms with van der Waals surface area (Å²) in [6.45, 7) is 3.75. The Balaban J connectivity index is 2.83. The van der Waals surface area contributed by atoms with Crippen molar-refractivity contribution in [2.75, 3.05) is 13.7 Å². The van der Waals surface area contributed by atoms with E-state index in [1.807, 2.05) is 24.3 Å². The van der Waals surface area contributed by atoms with Gasteiger partial charge in [-0.2, -0.15) is 0 Å². The van der Waals surface area contributed by atoms with E-state index in [9.17, 15) is 0 Å². The fourth-order valence-corrected chi connectivity index (χ4v) is 1.17. The molecule has 1 unspecified atom stereocenters. The van der Waals surface area contributed by atoms with Gasteiger partial charge in [-0.05, 0) is 17.7 Å². The van der Waals surface area contributed by atoms with Gasteiger partial charge in [0.15, 0.2) is 0 Å². The third-order valence-electron chi connectivity index (χ3n) is 2.03. The number of ether oxygens (including phenoxy) is 1. The molecule has 0 aliphatic carbocycles. The van der Waals surface area contributed by atoms with E-state index in [0.717, 1.165) is 11.3 Å². The summed E-state index contributed by atoms with van der Waals surface area (Å²) in [7, 11) is 1.63. The van der Waals surface area contributed by atoms with E-state index >= 15 is 0 Å². The van der Waals surface area contributed by atoms with E-state index in [1.165, 1.54) is 0 Å². The fraction of sp³-hybridized carbons (Fsp3) is 0.273. The molecule has 70 valence electrons. The van der Waals surface area contributed by atoms with Crippen LogP contribution < -0.4 is 4.74 Å². The lowest BCUT2D eigenvalue weighted by Gasteiger charge is -2.09. The fourth-order valence-electron chi connectivity index (χ4n) is 1.17. The standard InChI is InChI=1S/C11H14O2/c1-3-9(8-12)10-4-6-11(13-2)7-5-10/h3-7,9,12H,1,8H2,2H3. The summed E-state index contributed by atoms with van der Waals surface area (Å²) < 4.78 is 5.03. The van der Waals surface area contributed by atoms with E-state index in [-0.39, 0.29) is 12.5 Å². The van der Waals surface area contributed by atoms with E-state index in [4.69, 9.17) is 9.84 Å². The predicted octanol–water partition coefficient (Wildman–Crippen LogP) is 1.96. The Morgan fingerprint density at radius 3 is 2.46 bits per heavy atom. The monoisotopic (exact) mass is 178 g/mol. The van der Waals surface area contributed by atoms with Crippen LogP contribution in [0.3, 0.4) is 0 Å². The zero-order valence-corrected chi connectivity index (χ0v) is 7.73. The molecule has 0 amide bonds. The summed E-state index contributed by atoms with van der Waals surface area (Å²) in [5.74, 6) is 0.843. The van der Waals surface area contributed by atoms with Gasteiger partial charge in [-0.25, -0.2) is 0 Å². The first-order valence-electron chi connectivity index (χ1n) is 4.19. The quantitative estimate of drug-likeness (QED) is 0.714. The highest BCUT2D eigenvalue weighted by Crippen LogP contribution is 2.19. The average Bonchev–Trinajstić information content (AvgIpc) is 2.21. The van der Waals surface area contributed by atoms with Crippen molar-refractivity contribution >= 4 is 0 Å². The van der Waals surface area contributed by atoms with Gasteiger partial charge in [0.05, 0.1) is 13.7 Å². The highest BCUT2D eigenvalue weighted by atomic mass is 16.5. The summed E-state index contributed by atoms with van der Waals surface area (Å²) >= 11 is 0. The van der Waals surface area contributed by atoms with Crippen LogP contribution in [-0.2, 0) is 0 Å². The number of hydrogen-bond donors (Lipinski definition) is 1. The number of benzene rings is 1. The van der Waals surface area contributed by atoms with Gasteiger partial charge in [-0.3, -0.25) is 0 Å². The van der Waals surface area contributed by atoms with Crippen molar-refractivity contribution in [3.63, 3.8) is 0 Å². The Morgan fingerprint density at radius 1 is 1.46 bits per heavy atom. The highest BCUT2D eigenvalue weighted by molar-refractivity contribution is 5.31. The average molecular weight is 178 g/mol. The van der Waals surface area contributed by atoms with Gasteiger partial charge in [-0.1, -0.05) is 18.2 Å². The molecular formula is C11H14O2. The maximum atomic E-state index is 9.00. The van der Waals surface area contributed by atoms with Crippen LogP contribution in [0.4, 0.5) is 0 Å². The molecule has 1 aromatic rings. The van der Waals surface area contributed by atoms with Crippen LogP contribution in [0.25, 0.3) is 0 Å². The molecule has 1 rings (SSSR count). The highest BCUT2D eigenvalue weighted by Gasteiger charge is 2.04. The third kappa shape index (κ3) is 2.33. The zero-order valence-electron chi connectivity index (χ0n) is 7.73. The Labute approximate surface area is 78.5 Å². The molecule has 0 saturated heterocycles. The predicted molar refractivity (Wildman–Crippen MR) is 53.0 cm³/mol. The van der Waals surface area contributed by atoms with E-state index < -0.39 is 0 Å². The minimum atomic E-state index is 0.0194. The van der Waals surface area contributed by atoms with Crippen LogP contribution in [0.1, 0.15) is 11.5 Å². The molecule has 1 atom stereocenters. The Hall–Kier alpha value is -1.28. The molecule has 0 bridgehead atoms. The number of aliphatic hydroxyl groups is 1. The zero-order chi connectivity index (χ0) is 9.68. The summed E-state index contributed by atoms with van der Waals surface area (Å²) in [6, 6.07) is 7.62. The molecular weight excluding hydrogens is 164 g/mol. The van der Waals surface area contributed by atoms with Crippen LogP contribution >= 0.6 is 0 Å². The molecule has 0 aliphatic heterocycles. The Morgan fingerprint density at radius 2 is 2.08 bits per heavy atom. The lowest BCUT2D eigenvalue weighted by molar-refractivity contribution is 0.283. The molecule has 2 heteroatoms. The van der Waals surface area contributed by atoms with Gasteiger partial charge in [0.2, 0.25) is 0 Å². The molecule has 0 radical (unpaired) electrons. The SMILES string of the molecule is C=CC(CO)c1ccc(OC)cc1. The molecule has 0 heterocycles. The van der Waals surface area contributed by atoms with Crippen LogP contribution in [0.15, 0.2) is 36.9 Å². The summed E-state index contributed by atoms with van der Waals surface area (Å²) in [5, 5.41) is 9.00. The maximum absolute atomic E-state index is 9.00. The smallest absolute Gasteiger partial charge is 0.118 e. The third-order valence-corrected chi connectivity index (χ3v) is 2.03. The molecule has 0 spiro atoms. The molecule has 0 aromatic heterocycles. The van der Waals surface area contributed by atoms with Crippen LogP contribution in [-0.4, -0.2) is 18.8 Å². The topological polar surface area (TPSA) is 29.5 Å². The number of hydrogen-bond acceptors (Lipinski definition) is 2. The van der Waals surface area contributed by atoms with Crippen LogP contribution in [0.5, 0.6) is 5.75 Å².